The molecule has 0 aliphatic rings. The fraction of sp³-hybridized carbons (Fsp3) is 0.143. The number of aromatic nitrogens is 1. The number of hydrogen-bond donors (Lipinski definition) is 1. The Labute approximate surface area is 69.6 Å². The largest absolute Gasteiger partial charge is 0.372 e. The van der Waals surface area contributed by atoms with Crippen LogP contribution in [0.25, 0.3) is 0 Å². The first-order chi connectivity index (χ1) is 5.29. The molecule has 1 N–H and O–H groups in total. The van der Waals surface area contributed by atoms with Gasteiger partial charge in [-0.25, -0.2) is 4.98 Å². The summed E-state index contributed by atoms with van der Waals surface area (Å²) in [5.74, 6) is 0.533. The van der Waals surface area contributed by atoms with Gasteiger partial charge in [0.25, 0.3) is 0 Å². The van der Waals surface area contributed by atoms with Crippen molar-refractivity contribution in [3.05, 3.63) is 22.8 Å². The zero-order chi connectivity index (χ0) is 8.27. The van der Waals surface area contributed by atoms with E-state index in [0.29, 0.717) is 16.4 Å². The van der Waals surface area contributed by atoms with Crippen LogP contribution in [0.2, 0.25) is 5.02 Å². The quantitative estimate of drug-likeness (QED) is 0.692. The summed E-state index contributed by atoms with van der Waals surface area (Å²) in [6.07, 6.45) is 1.54. The molecule has 1 aromatic heterocycles. The van der Waals surface area contributed by atoms with Crippen molar-refractivity contribution >= 4 is 17.4 Å². The molecule has 0 aromatic carbocycles. The molecule has 0 fully saturated rings. The van der Waals surface area contributed by atoms with Gasteiger partial charge in [-0.2, -0.15) is 5.26 Å². The van der Waals surface area contributed by atoms with Gasteiger partial charge in [-0.05, 0) is 6.07 Å². The highest BCUT2D eigenvalue weighted by Gasteiger charge is 2.03. The van der Waals surface area contributed by atoms with Crippen LogP contribution in [0.15, 0.2) is 12.3 Å². The molecule has 0 saturated heterocycles. The molecule has 0 spiro atoms. The highest BCUT2D eigenvalue weighted by Crippen LogP contribution is 2.21. The fourth-order valence-corrected chi connectivity index (χ4v) is 0.953. The Kier molecular flexibility index (Phi) is 2.29. The van der Waals surface area contributed by atoms with Gasteiger partial charge in [0.1, 0.15) is 16.9 Å². The van der Waals surface area contributed by atoms with Gasteiger partial charge < -0.3 is 5.32 Å². The van der Waals surface area contributed by atoms with Crippen LogP contribution in [-0.2, 0) is 0 Å². The molecule has 11 heavy (non-hydrogen) atoms. The molecular formula is C7H6ClN3. The van der Waals surface area contributed by atoms with Gasteiger partial charge in [0.2, 0.25) is 0 Å². The van der Waals surface area contributed by atoms with Crippen molar-refractivity contribution in [2.45, 2.75) is 0 Å². The molecule has 3 nitrogen and oxygen atoms in total. The molecule has 1 aromatic rings. The van der Waals surface area contributed by atoms with Crippen LogP contribution in [0, 0.1) is 11.3 Å². The highest BCUT2D eigenvalue weighted by atomic mass is 35.5. The van der Waals surface area contributed by atoms with Crippen LogP contribution in [0.5, 0.6) is 0 Å². The lowest BCUT2D eigenvalue weighted by Gasteiger charge is -2.01. The molecule has 0 bridgehead atoms. The van der Waals surface area contributed by atoms with E-state index in [1.165, 1.54) is 6.20 Å². The third-order valence-electron chi connectivity index (χ3n) is 1.25. The van der Waals surface area contributed by atoms with Crippen molar-refractivity contribution in [2.75, 3.05) is 12.4 Å². The molecule has 1 heterocycles. The third-order valence-corrected chi connectivity index (χ3v) is 1.63. The molecule has 4 heteroatoms. The molecular weight excluding hydrogens is 162 g/mol. The molecule has 56 valence electrons. The minimum Gasteiger partial charge on any atom is -0.372 e. The number of hydrogen-bond acceptors (Lipinski definition) is 3. The second-order valence-corrected chi connectivity index (χ2v) is 2.26. The normalized spacial score (nSPS) is 8.82. The number of anilines is 1. The predicted octanol–water partition coefficient (Wildman–Crippen LogP) is 1.65. The first-order valence-electron chi connectivity index (χ1n) is 3.02. The van der Waals surface area contributed by atoms with Gasteiger partial charge in [0.15, 0.2) is 0 Å². The molecule has 0 atom stereocenters. The number of rotatable bonds is 1. The first-order valence-corrected chi connectivity index (χ1v) is 3.39. The van der Waals surface area contributed by atoms with Crippen molar-refractivity contribution in [3.8, 4) is 6.07 Å². The Bertz CT molecular complexity index is 303. The summed E-state index contributed by atoms with van der Waals surface area (Å²) < 4.78 is 0. The van der Waals surface area contributed by atoms with Gasteiger partial charge in [0, 0.05) is 13.2 Å². The number of pyridine rings is 1. The van der Waals surface area contributed by atoms with E-state index in [1.54, 1.807) is 13.1 Å². The molecule has 0 saturated carbocycles. The van der Waals surface area contributed by atoms with E-state index in [1.807, 2.05) is 6.07 Å². The SMILES string of the molecule is CNc1nccc(C#N)c1Cl. The van der Waals surface area contributed by atoms with Crippen LogP contribution < -0.4 is 5.32 Å². The highest BCUT2D eigenvalue weighted by molar-refractivity contribution is 6.34. The van der Waals surface area contributed by atoms with E-state index in [0.717, 1.165) is 0 Å². The maximum atomic E-state index is 8.55. The van der Waals surface area contributed by atoms with Gasteiger partial charge in [-0.1, -0.05) is 11.6 Å². The topological polar surface area (TPSA) is 48.7 Å². The lowest BCUT2D eigenvalue weighted by Crippen LogP contribution is -1.93. The van der Waals surface area contributed by atoms with E-state index in [2.05, 4.69) is 10.3 Å². The van der Waals surface area contributed by atoms with Gasteiger partial charge in [-0.15, -0.1) is 0 Å². The molecule has 0 aliphatic heterocycles. The lowest BCUT2D eigenvalue weighted by molar-refractivity contribution is 1.27. The Morgan fingerprint density at radius 2 is 2.45 bits per heavy atom. The smallest absolute Gasteiger partial charge is 0.145 e. The minimum absolute atomic E-state index is 0.373. The van der Waals surface area contributed by atoms with Crippen LogP contribution >= 0.6 is 11.6 Å². The van der Waals surface area contributed by atoms with Crippen molar-refractivity contribution < 1.29 is 0 Å². The van der Waals surface area contributed by atoms with E-state index in [4.69, 9.17) is 16.9 Å². The van der Waals surface area contributed by atoms with Crippen LogP contribution in [-0.4, -0.2) is 12.0 Å². The molecule has 0 amide bonds. The van der Waals surface area contributed by atoms with E-state index >= 15 is 0 Å². The summed E-state index contributed by atoms with van der Waals surface area (Å²) in [5.41, 5.74) is 0.436. The van der Waals surface area contributed by atoms with Gasteiger partial charge in [0.05, 0.1) is 5.56 Å². The summed E-state index contributed by atoms with van der Waals surface area (Å²) in [6.45, 7) is 0. The van der Waals surface area contributed by atoms with E-state index in [9.17, 15) is 0 Å². The molecule has 0 radical (unpaired) electrons. The molecule has 0 unspecified atom stereocenters. The van der Waals surface area contributed by atoms with Crippen molar-refractivity contribution in [1.82, 2.24) is 4.98 Å². The van der Waals surface area contributed by atoms with Gasteiger partial charge >= 0.3 is 0 Å². The van der Waals surface area contributed by atoms with Crippen molar-refractivity contribution in [3.63, 3.8) is 0 Å². The minimum atomic E-state index is 0.373. The number of halogens is 1. The summed E-state index contributed by atoms with van der Waals surface area (Å²) >= 11 is 5.76. The monoisotopic (exact) mass is 167 g/mol. The van der Waals surface area contributed by atoms with Crippen LogP contribution in [0.4, 0.5) is 5.82 Å². The maximum absolute atomic E-state index is 8.55. The predicted molar refractivity (Wildman–Crippen MR) is 43.5 cm³/mol. The third kappa shape index (κ3) is 1.41. The second kappa shape index (κ2) is 3.22. The van der Waals surface area contributed by atoms with Crippen molar-refractivity contribution in [1.29, 1.82) is 5.26 Å². The fourth-order valence-electron chi connectivity index (χ4n) is 0.704. The average molecular weight is 168 g/mol. The summed E-state index contributed by atoms with van der Waals surface area (Å²) in [5, 5.41) is 11.7. The Morgan fingerprint density at radius 1 is 1.73 bits per heavy atom. The molecule has 0 aliphatic carbocycles. The van der Waals surface area contributed by atoms with Crippen molar-refractivity contribution in [2.24, 2.45) is 0 Å². The zero-order valence-electron chi connectivity index (χ0n) is 5.93. The van der Waals surface area contributed by atoms with Crippen LogP contribution in [0.3, 0.4) is 0 Å². The Morgan fingerprint density at radius 3 is 3.00 bits per heavy atom. The summed E-state index contributed by atoms with van der Waals surface area (Å²) in [4.78, 5) is 3.91. The number of nitriles is 1. The second-order valence-electron chi connectivity index (χ2n) is 1.88. The summed E-state index contributed by atoms with van der Waals surface area (Å²) in [6, 6.07) is 3.53. The lowest BCUT2D eigenvalue weighted by atomic mass is 10.3. The number of nitrogens with zero attached hydrogens (tertiary/aromatic N) is 2. The average Bonchev–Trinajstić information content (AvgIpc) is 2.05. The summed E-state index contributed by atoms with van der Waals surface area (Å²) in [7, 11) is 1.70. The Hall–Kier alpha value is -1.27. The van der Waals surface area contributed by atoms with Crippen LogP contribution in [0.1, 0.15) is 5.56 Å². The van der Waals surface area contributed by atoms with E-state index < -0.39 is 0 Å². The molecule has 1 rings (SSSR count). The first kappa shape index (κ1) is 7.83. The Balaban J connectivity index is 3.23. The number of nitrogens with one attached hydrogen (secondary N) is 1. The standard InChI is InChI=1S/C7H6ClN3/c1-10-7-6(8)5(4-9)2-3-11-7/h2-3H,1H3,(H,10,11). The van der Waals surface area contributed by atoms with E-state index in [-0.39, 0.29) is 0 Å². The maximum Gasteiger partial charge on any atom is 0.145 e. The zero-order valence-corrected chi connectivity index (χ0v) is 6.68. The van der Waals surface area contributed by atoms with Gasteiger partial charge in [-0.3, -0.25) is 0 Å².